The summed E-state index contributed by atoms with van der Waals surface area (Å²) in [6.07, 6.45) is 4.58. The molecule has 0 unspecified atom stereocenters. The minimum Gasteiger partial charge on any atom is -0.354 e. The van der Waals surface area contributed by atoms with Gasteiger partial charge < -0.3 is 4.90 Å². The van der Waals surface area contributed by atoms with Crippen LogP contribution in [0.5, 0.6) is 0 Å². The molecule has 2 saturated carbocycles. The first kappa shape index (κ1) is 23.8. The van der Waals surface area contributed by atoms with E-state index in [1.54, 1.807) is 18.3 Å². The number of amides is 1. The van der Waals surface area contributed by atoms with E-state index in [4.69, 9.17) is 23.2 Å². The summed E-state index contributed by atoms with van der Waals surface area (Å²) < 4.78 is 41.3. The van der Waals surface area contributed by atoms with Crippen molar-refractivity contribution in [1.82, 2.24) is 14.6 Å². The average Bonchev–Trinajstić information content (AvgIpc) is 3.69. The number of carbonyl (C=O) groups is 1. The van der Waals surface area contributed by atoms with Gasteiger partial charge in [-0.05, 0) is 54.9 Å². The normalized spacial score (nSPS) is 19.3. The first-order valence-corrected chi connectivity index (χ1v) is 13.7. The van der Waals surface area contributed by atoms with E-state index in [-0.39, 0.29) is 11.5 Å². The minimum atomic E-state index is -3.73. The second-order valence-electron chi connectivity index (χ2n) is 9.20. The average molecular weight is 527 g/mol. The predicted octanol–water partition coefficient (Wildman–Crippen LogP) is 3.95. The number of carbonyl (C=O) groups excluding carboxylic acids is 1. The fourth-order valence-corrected chi connectivity index (χ4v) is 5.86. The highest BCUT2D eigenvalue weighted by molar-refractivity contribution is 7.91. The molecular weight excluding hydrogens is 502 g/mol. The molecule has 3 fully saturated rings. The van der Waals surface area contributed by atoms with Gasteiger partial charge in [0.1, 0.15) is 11.6 Å². The van der Waals surface area contributed by atoms with Crippen molar-refractivity contribution in [2.75, 3.05) is 31.1 Å². The van der Waals surface area contributed by atoms with Crippen molar-refractivity contribution in [3.05, 3.63) is 56.9 Å². The predicted molar refractivity (Wildman–Crippen MR) is 130 cm³/mol. The summed E-state index contributed by atoms with van der Waals surface area (Å²) in [6.45, 7) is 3.57. The molecule has 182 valence electrons. The van der Waals surface area contributed by atoms with Gasteiger partial charge in [-0.2, -0.15) is 0 Å². The first-order chi connectivity index (χ1) is 16.2. The smallest absolute Gasteiger partial charge is 0.267 e. The highest BCUT2D eigenvalue weighted by atomic mass is 35.5. The Morgan fingerprint density at radius 1 is 1.06 bits per heavy atom. The molecule has 1 amide bonds. The van der Waals surface area contributed by atoms with Crippen LogP contribution < -0.4 is 9.62 Å². The van der Waals surface area contributed by atoms with Crippen LogP contribution in [0.4, 0.5) is 10.2 Å². The molecule has 11 heteroatoms. The topological polar surface area (TPSA) is 82.6 Å². The molecule has 1 aliphatic heterocycles. The summed E-state index contributed by atoms with van der Waals surface area (Å²) in [5.74, 6) is -0.527. The largest absolute Gasteiger partial charge is 0.354 e. The molecular formula is C23H25Cl2FN4O3S. The number of sulfonamides is 1. The van der Waals surface area contributed by atoms with Crippen LogP contribution >= 0.6 is 23.2 Å². The third-order valence-electron chi connectivity index (χ3n) is 6.57. The summed E-state index contributed by atoms with van der Waals surface area (Å²) in [5.41, 5.74) is 1.58. The summed E-state index contributed by atoms with van der Waals surface area (Å²) in [4.78, 5) is 21.3. The van der Waals surface area contributed by atoms with Crippen LogP contribution in [0.15, 0.2) is 24.4 Å². The third kappa shape index (κ3) is 5.17. The number of pyridine rings is 1. The molecule has 7 nitrogen and oxygen atoms in total. The van der Waals surface area contributed by atoms with Gasteiger partial charge in [0.15, 0.2) is 0 Å². The minimum absolute atomic E-state index is 0.203. The number of aromatic nitrogens is 1. The molecule has 34 heavy (non-hydrogen) atoms. The Bertz CT molecular complexity index is 1230. The molecule has 3 aliphatic rings. The van der Waals surface area contributed by atoms with Gasteiger partial charge in [0.05, 0.1) is 20.9 Å². The molecule has 5 rings (SSSR count). The van der Waals surface area contributed by atoms with E-state index >= 15 is 0 Å². The van der Waals surface area contributed by atoms with E-state index in [1.807, 2.05) is 4.72 Å². The lowest BCUT2D eigenvalue weighted by Gasteiger charge is -2.35. The standard InChI is InChI=1S/C23H25Cl2FN4O3S/c24-19-11-22(27-12-20(19)25)30-7-5-29(6-8-30)13-15-9-21(26)18(10-17(15)14-1-2-14)23(31)28-34(32,33)16-3-4-16/h9-12,14,16H,1-8,13H2,(H,28,31). The monoisotopic (exact) mass is 526 g/mol. The van der Waals surface area contributed by atoms with Crippen molar-refractivity contribution in [2.24, 2.45) is 0 Å². The van der Waals surface area contributed by atoms with Gasteiger partial charge in [-0.15, -0.1) is 0 Å². The Labute approximate surface area is 208 Å². The van der Waals surface area contributed by atoms with Gasteiger partial charge in [0.2, 0.25) is 10.0 Å². The van der Waals surface area contributed by atoms with Crippen LogP contribution in [0.25, 0.3) is 0 Å². The Hall–Kier alpha value is -1.94. The number of rotatable bonds is 7. The van der Waals surface area contributed by atoms with E-state index in [0.717, 1.165) is 56.0 Å². The number of nitrogens with one attached hydrogen (secondary N) is 1. The van der Waals surface area contributed by atoms with Gasteiger partial charge in [0.25, 0.3) is 5.91 Å². The molecule has 1 N–H and O–H groups in total. The van der Waals surface area contributed by atoms with E-state index in [2.05, 4.69) is 14.8 Å². The number of benzene rings is 1. The molecule has 0 atom stereocenters. The molecule has 2 aliphatic carbocycles. The molecule has 2 aromatic rings. The fraction of sp³-hybridized carbons (Fsp3) is 0.478. The molecule has 2 heterocycles. The molecule has 0 spiro atoms. The van der Waals surface area contributed by atoms with Crippen LogP contribution in [0.1, 0.15) is 53.1 Å². The maximum absolute atomic E-state index is 15.0. The molecule has 1 aromatic carbocycles. The highest BCUT2D eigenvalue weighted by Crippen LogP contribution is 2.43. The summed E-state index contributed by atoms with van der Waals surface area (Å²) in [5, 5.41) is 0.341. The van der Waals surface area contributed by atoms with Crippen molar-refractivity contribution in [1.29, 1.82) is 0 Å². The number of anilines is 1. The zero-order chi connectivity index (χ0) is 24.0. The van der Waals surface area contributed by atoms with Crippen LogP contribution in [-0.4, -0.2) is 55.6 Å². The number of piperazine rings is 1. The van der Waals surface area contributed by atoms with Crippen LogP contribution in [0.2, 0.25) is 10.0 Å². The Balaban J connectivity index is 1.28. The molecule has 1 aromatic heterocycles. The van der Waals surface area contributed by atoms with Crippen molar-refractivity contribution in [3.63, 3.8) is 0 Å². The lowest BCUT2D eigenvalue weighted by molar-refractivity contribution is 0.0977. The van der Waals surface area contributed by atoms with E-state index in [1.165, 1.54) is 6.07 Å². The summed E-state index contributed by atoms with van der Waals surface area (Å²) in [6, 6.07) is 4.71. The molecule has 0 radical (unpaired) electrons. The zero-order valence-corrected chi connectivity index (χ0v) is 20.8. The van der Waals surface area contributed by atoms with Gasteiger partial charge in [-0.1, -0.05) is 23.2 Å². The van der Waals surface area contributed by atoms with Crippen molar-refractivity contribution in [2.45, 2.75) is 43.4 Å². The Morgan fingerprint density at radius 2 is 1.76 bits per heavy atom. The second kappa shape index (κ2) is 9.26. The van der Waals surface area contributed by atoms with Gasteiger partial charge in [-0.25, -0.2) is 22.5 Å². The van der Waals surface area contributed by atoms with E-state index in [9.17, 15) is 17.6 Å². The third-order valence-corrected chi connectivity index (χ3v) is 9.10. The Morgan fingerprint density at radius 3 is 2.38 bits per heavy atom. The highest BCUT2D eigenvalue weighted by Gasteiger charge is 2.38. The number of hydrogen-bond acceptors (Lipinski definition) is 6. The van der Waals surface area contributed by atoms with Crippen LogP contribution in [-0.2, 0) is 16.6 Å². The van der Waals surface area contributed by atoms with Crippen LogP contribution in [0, 0.1) is 5.82 Å². The first-order valence-electron chi connectivity index (χ1n) is 11.4. The number of hydrogen-bond donors (Lipinski definition) is 1. The second-order valence-corrected chi connectivity index (χ2v) is 12.0. The maximum Gasteiger partial charge on any atom is 0.267 e. The van der Waals surface area contributed by atoms with E-state index < -0.39 is 27.0 Å². The van der Waals surface area contributed by atoms with Gasteiger partial charge in [-0.3, -0.25) is 9.69 Å². The summed E-state index contributed by atoms with van der Waals surface area (Å²) in [7, 11) is -3.73. The van der Waals surface area contributed by atoms with E-state index in [0.29, 0.717) is 29.4 Å². The van der Waals surface area contributed by atoms with Crippen molar-refractivity contribution in [3.8, 4) is 0 Å². The number of nitrogens with zero attached hydrogens (tertiary/aromatic N) is 3. The SMILES string of the molecule is O=C(NS(=O)(=O)C1CC1)c1cc(C2CC2)c(CN2CCN(c3cc(Cl)c(Cl)cn3)CC2)cc1F. The molecule has 0 bridgehead atoms. The molecule has 1 saturated heterocycles. The van der Waals surface area contributed by atoms with Crippen LogP contribution in [0.3, 0.4) is 0 Å². The van der Waals surface area contributed by atoms with Gasteiger partial charge >= 0.3 is 0 Å². The zero-order valence-electron chi connectivity index (χ0n) is 18.4. The Kier molecular flexibility index (Phi) is 6.48. The van der Waals surface area contributed by atoms with Crippen molar-refractivity contribution < 1.29 is 17.6 Å². The van der Waals surface area contributed by atoms with Crippen molar-refractivity contribution >= 4 is 45.0 Å². The fourth-order valence-electron chi connectivity index (χ4n) is 4.32. The van der Waals surface area contributed by atoms with Gasteiger partial charge in [0, 0.05) is 45.0 Å². The lowest BCUT2D eigenvalue weighted by atomic mass is 9.98. The maximum atomic E-state index is 15.0. The summed E-state index contributed by atoms with van der Waals surface area (Å²) >= 11 is 12.1. The number of halogens is 3. The quantitative estimate of drug-likeness (QED) is 0.588. The lowest BCUT2D eigenvalue weighted by Crippen LogP contribution is -2.46.